The van der Waals surface area contributed by atoms with Crippen LogP contribution in [0.1, 0.15) is 52.1 Å². The van der Waals surface area contributed by atoms with Crippen molar-refractivity contribution in [1.29, 1.82) is 0 Å². The molecule has 0 aromatic carbocycles. The molecule has 1 saturated heterocycles. The molecule has 1 unspecified atom stereocenters. The van der Waals surface area contributed by atoms with Gasteiger partial charge in [-0.05, 0) is 37.3 Å². The zero-order chi connectivity index (χ0) is 25.1. The molecule has 0 spiro atoms. The van der Waals surface area contributed by atoms with Gasteiger partial charge in [0.15, 0.2) is 6.10 Å². The van der Waals surface area contributed by atoms with E-state index in [-0.39, 0.29) is 12.3 Å². The third-order valence-corrected chi connectivity index (χ3v) is 5.49. The van der Waals surface area contributed by atoms with Gasteiger partial charge in [0.1, 0.15) is 6.04 Å². The predicted molar refractivity (Wildman–Crippen MR) is 122 cm³/mol. The van der Waals surface area contributed by atoms with Gasteiger partial charge < -0.3 is 24.0 Å². The Hall–Kier alpha value is -3.17. The first kappa shape index (κ1) is 27.1. The number of esters is 2. The predicted octanol–water partition coefficient (Wildman–Crippen LogP) is 2.55. The molecule has 10 nitrogen and oxygen atoms in total. The van der Waals surface area contributed by atoms with Gasteiger partial charge in [0.05, 0.1) is 0 Å². The summed E-state index contributed by atoms with van der Waals surface area (Å²) in [5.74, 6) is -1.75. The third-order valence-electron chi connectivity index (χ3n) is 5.49. The van der Waals surface area contributed by atoms with Crippen LogP contribution in [0.4, 0.5) is 4.79 Å². The summed E-state index contributed by atoms with van der Waals surface area (Å²) in [7, 11) is 1.58. The zero-order valence-electron chi connectivity index (χ0n) is 20.4. The zero-order valence-corrected chi connectivity index (χ0v) is 20.4. The number of pyridine rings is 1. The van der Waals surface area contributed by atoms with Crippen LogP contribution in [-0.4, -0.2) is 77.8 Å². The smallest absolute Gasteiger partial charge is 0.412 e. The van der Waals surface area contributed by atoms with E-state index in [1.54, 1.807) is 27.1 Å². The first-order chi connectivity index (χ1) is 16.2. The van der Waals surface area contributed by atoms with Crippen LogP contribution >= 0.6 is 0 Å². The number of likely N-dealkylation sites (N-methyl/N-ethyl adjacent to an activating group) is 1. The van der Waals surface area contributed by atoms with Gasteiger partial charge in [0.25, 0.3) is 5.91 Å². The van der Waals surface area contributed by atoms with E-state index in [2.05, 4.69) is 4.98 Å². The highest BCUT2D eigenvalue weighted by Gasteiger charge is 2.40. The van der Waals surface area contributed by atoms with Crippen LogP contribution in [0.25, 0.3) is 0 Å². The minimum atomic E-state index is -0.960. The summed E-state index contributed by atoms with van der Waals surface area (Å²) in [4.78, 5) is 56.7. The molecule has 2 heterocycles. The maximum absolute atomic E-state index is 13.0. The Labute approximate surface area is 200 Å². The topological polar surface area (TPSA) is 115 Å². The number of hydrogen-bond acceptors (Lipinski definition) is 8. The van der Waals surface area contributed by atoms with Crippen LogP contribution in [-0.2, 0) is 35.0 Å². The van der Waals surface area contributed by atoms with Crippen molar-refractivity contribution in [2.24, 2.45) is 5.92 Å². The number of hydrogen-bond donors (Lipinski definition) is 0. The molecular formula is C24H35N3O7. The SMILES string of the molecule is CCCC(=O)O[C@H](C(=O)N1CCCC1C(=O)OCOC(=O)N(C)CCc1ccccn1)C(C)C. The average molecular weight is 478 g/mol. The molecule has 1 aliphatic heterocycles. The molecule has 0 aliphatic carbocycles. The molecule has 2 amide bonds. The molecule has 0 saturated carbocycles. The third kappa shape index (κ3) is 8.00. The maximum Gasteiger partial charge on any atom is 0.412 e. The Bertz CT molecular complexity index is 831. The van der Waals surface area contributed by atoms with Crippen molar-refractivity contribution >= 4 is 23.9 Å². The largest absolute Gasteiger partial charge is 0.452 e. The van der Waals surface area contributed by atoms with Crippen molar-refractivity contribution in [2.45, 2.75) is 65.0 Å². The minimum Gasteiger partial charge on any atom is -0.452 e. The van der Waals surface area contributed by atoms with Gasteiger partial charge in [-0.25, -0.2) is 9.59 Å². The monoisotopic (exact) mass is 477 g/mol. The van der Waals surface area contributed by atoms with Crippen LogP contribution in [0, 0.1) is 5.92 Å². The molecular weight excluding hydrogens is 442 g/mol. The van der Waals surface area contributed by atoms with Gasteiger partial charge in [0, 0.05) is 44.9 Å². The van der Waals surface area contributed by atoms with Gasteiger partial charge in [0.2, 0.25) is 6.79 Å². The second kappa shape index (κ2) is 13.5. The molecule has 10 heteroatoms. The van der Waals surface area contributed by atoms with Crippen molar-refractivity contribution in [3.8, 4) is 0 Å². The van der Waals surface area contributed by atoms with E-state index < -0.39 is 42.9 Å². The molecule has 0 radical (unpaired) electrons. The normalized spacial score (nSPS) is 16.1. The summed E-state index contributed by atoms with van der Waals surface area (Å²) < 4.78 is 15.5. The fourth-order valence-electron chi connectivity index (χ4n) is 3.58. The van der Waals surface area contributed by atoms with Gasteiger partial charge in [-0.2, -0.15) is 0 Å². The van der Waals surface area contributed by atoms with Crippen LogP contribution in [0.2, 0.25) is 0 Å². The molecule has 34 heavy (non-hydrogen) atoms. The molecule has 0 N–H and O–H groups in total. The number of carbonyl (C=O) groups is 4. The lowest BCUT2D eigenvalue weighted by Gasteiger charge is -2.29. The molecule has 1 aromatic rings. The highest BCUT2D eigenvalue weighted by atomic mass is 16.7. The summed E-state index contributed by atoms with van der Waals surface area (Å²) in [5.41, 5.74) is 0.847. The lowest BCUT2D eigenvalue weighted by atomic mass is 10.1. The molecule has 2 rings (SSSR count). The molecule has 188 valence electrons. The standard InChI is InChI=1S/C24H35N3O7/c1-5-9-20(28)34-21(17(2)3)22(29)27-14-8-11-19(27)23(30)32-16-33-24(31)26(4)15-12-18-10-6-7-13-25-18/h6-7,10,13,17,19,21H,5,8-9,11-12,14-16H2,1-4H3/t19?,21-/m0/s1. The lowest BCUT2D eigenvalue weighted by Crippen LogP contribution is -2.49. The summed E-state index contributed by atoms with van der Waals surface area (Å²) in [6.45, 7) is 5.63. The number of carbonyl (C=O) groups excluding carboxylic acids is 4. The molecule has 1 fully saturated rings. The molecule has 0 bridgehead atoms. The highest BCUT2D eigenvalue weighted by molar-refractivity contribution is 5.89. The summed E-state index contributed by atoms with van der Waals surface area (Å²) in [6, 6.07) is 4.75. The summed E-state index contributed by atoms with van der Waals surface area (Å²) >= 11 is 0. The molecule has 2 atom stereocenters. The van der Waals surface area contributed by atoms with Crippen LogP contribution in [0.3, 0.4) is 0 Å². The Kier molecular flexibility index (Phi) is 10.8. The molecule has 1 aromatic heterocycles. The van der Waals surface area contributed by atoms with Gasteiger partial charge >= 0.3 is 18.0 Å². The fourth-order valence-corrected chi connectivity index (χ4v) is 3.58. The summed E-state index contributed by atoms with van der Waals surface area (Å²) in [6.07, 6.45) is 2.54. The van der Waals surface area contributed by atoms with Crippen LogP contribution in [0.5, 0.6) is 0 Å². The Morgan fingerprint density at radius 2 is 1.97 bits per heavy atom. The Morgan fingerprint density at radius 1 is 1.21 bits per heavy atom. The first-order valence-corrected chi connectivity index (χ1v) is 11.7. The van der Waals surface area contributed by atoms with E-state index in [4.69, 9.17) is 14.2 Å². The van der Waals surface area contributed by atoms with E-state index in [1.165, 1.54) is 9.80 Å². The maximum atomic E-state index is 13.0. The molecule has 1 aliphatic rings. The number of nitrogens with zero attached hydrogens (tertiary/aromatic N) is 3. The second-order valence-electron chi connectivity index (χ2n) is 8.58. The number of ether oxygens (including phenoxy) is 3. The van der Waals surface area contributed by atoms with Gasteiger partial charge in [-0.3, -0.25) is 14.6 Å². The van der Waals surface area contributed by atoms with Crippen LogP contribution in [0.15, 0.2) is 24.4 Å². The highest BCUT2D eigenvalue weighted by Crippen LogP contribution is 2.23. The van der Waals surface area contributed by atoms with Gasteiger partial charge in [-0.1, -0.05) is 26.8 Å². The van der Waals surface area contributed by atoms with Crippen LogP contribution < -0.4 is 0 Å². The minimum absolute atomic E-state index is 0.226. The van der Waals surface area contributed by atoms with Crippen molar-refractivity contribution < 1.29 is 33.4 Å². The van der Waals surface area contributed by atoms with Crippen molar-refractivity contribution in [3.63, 3.8) is 0 Å². The second-order valence-corrected chi connectivity index (χ2v) is 8.58. The van der Waals surface area contributed by atoms with E-state index in [0.29, 0.717) is 38.8 Å². The van der Waals surface area contributed by atoms with Crippen molar-refractivity contribution in [3.05, 3.63) is 30.1 Å². The number of likely N-dealkylation sites (tertiary alicyclic amines) is 1. The Balaban J connectivity index is 1.83. The summed E-state index contributed by atoms with van der Waals surface area (Å²) in [5, 5.41) is 0. The fraction of sp³-hybridized carbons (Fsp3) is 0.625. The van der Waals surface area contributed by atoms with Crippen molar-refractivity contribution in [1.82, 2.24) is 14.8 Å². The number of aromatic nitrogens is 1. The van der Waals surface area contributed by atoms with Gasteiger partial charge in [-0.15, -0.1) is 0 Å². The lowest BCUT2D eigenvalue weighted by molar-refractivity contribution is -0.168. The van der Waals surface area contributed by atoms with E-state index in [9.17, 15) is 19.2 Å². The van der Waals surface area contributed by atoms with E-state index >= 15 is 0 Å². The first-order valence-electron chi connectivity index (χ1n) is 11.7. The number of amides is 2. The number of rotatable bonds is 11. The van der Waals surface area contributed by atoms with Crippen molar-refractivity contribution in [2.75, 3.05) is 26.9 Å². The van der Waals surface area contributed by atoms with E-state index in [1.807, 2.05) is 25.1 Å². The van der Waals surface area contributed by atoms with E-state index in [0.717, 1.165) is 5.69 Å². The quantitative estimate of drug-likeness (QED) is 0.353. The Morgan fingerprint density at radius 3 is 2.62 bits per heavy atom. The average Bonchev–Trinajstić information content (AvgIpc) is 3.31.